The molecule has 0 aliphatic heterocycles. The Labute approximate surface area is 228 Å². The summed E-state index contributed by atoms with van der Waals surface area (Å²) in [6, 6.07) is 37.7. The Balaban J connectivity index is 1.37. The maximum Gasteiger partial charge on any atom is 0.0963 e. The Hall–Kier alpha value is -4.61. The van der Waals surface area contributed by atoms with E-state index in [-0.39, 0.29) is 0 Å². The van der Waals surface area contributed by atoms with Crippen LogP contribution in [0.5, 0.6) is 0 Å². The average molecular weight is 553 g/mol. The quantitative estimate of drug-likeness (QED) is 0.219. The van der Waals surface area contributed by atoms with Crippen molar-refractivity contribution in [1.82, 2.24) is 19.5 Å². The van der Waals surface area contributed by atoms with E-state index >= 15 is 0 Å². The van der Waals surface area contributed by atoms with E-state index in [0.29, 0.717) is 0 Å². The Bertz CT molecular complexity index is 1850. The van der Waals surface area contributed by atoms with Crippen molar-refractivity contribution in [1.29, 1.82) is 0 Å². The number of benzene rings is 3. The lowest BCUT2D eigenvalue weighted by molar-refractivity contribution is 1.17. The van der Waals surface area contributed by atoms with Gasteiger partial charge in [0.2, 0.25) is 0 Å². The van der Waals surface area contributed by atoms with E-state index < -0.39 is 0 Å². The Morgan fingerprint density at radius 3 is 1.82 bits per heavy atom. The fraction of sp³-hybridized carbons (Fsp3) is 0. The molecule has 0 bridgehead atoms. The molecule has 0 radical (unpaired) electrons. The van der Waals surface area contributed by atoms with Gasteiger partial charge in [0.25, 0.3) is 0 Å². The van der Waals surface area contributed by atoms with Gasteiger partial charge in [-0.3, -0.25) is 15.0 Å². The molecule has 0 aliphatic rings. The van der Waals surface area contributed by atoms with Gasteiger partial charge >= 0.3 is 0 Å². The molecule has 0 saturated heterocycles. The highest BCUT2D eigenvalue weighted by Crippen LogP contribution is 2.35. The van der Waals surface area contributed by atoms with Gasteiger partial charge in [0.05, 0.1) is 27.9 Å². The number of aromatic nitrogens is 4. The van der Waals surface area contributed by atoms with Gasteiger partial charge in [-0.1, -0.05) is 40.2 Å². The van der Waals surface area contributed by atoms with Crippen molar-refractivity contribution >= 4 is 37.9 Å². The fourth-order valence-electron chi connectivity index (χ4n) is 5.05. The lowest BCUT2D eigenvalue weighted by Crippen LogP contribution is -1.94. The number of halogens is 1. The number of nitrogens with zero attached hydrogens (tertiary/aromatic N) is 4. The molecule has 4 aromatic heterocycles. The summed E-state index contributed by atoms with van der Waals surface area (Å²) in [6.07, 6.45) is 5.51. The third kappa shape index (κ3) is 3.98. The molecule has 0 aliphatic carbocycles. The monoisotopic (exact) mass is 552 g/mol. The number of hydrogen-bond donors (Lipinski definition) is 0. The molecule has 4 heterocycles. The van der Waals surface area contributed by atoms with Crippen LogP contribution in [0.15, 0.2) is 132 Å². The van der Waals surface area contributed by atoms with E-state index in [9.17, 15) is 0 Å². The van der Waals surface area contributed by atoms with Crippen LogP contribution >= 0.6 is 15.9 Å². The highest BCUT2D eigenvalue weighted by atomic mass is 79.9. The molecule has 0 saturated carbocycles. The van der Waals surface area contributed by atoms with Gasteiger partial charge in [-0.05, 0) is 96.1 Å². The molecule has 0 fully saturated rings. The highest BCUT2D eigenvalue weighted by Gasteiger charge is 2.14. The third-order valence-electron chi connectivity index (χ3n) is 6.80. The van der Waals surface area contributed by atoms with Crippen LogP contribution in [0.3, 0.4) is 0 Å². The largest absolute Gasteiger partial charge is 0.308 e. The minimum absolute atomic E-state index is 0.937. The van der Waals surface area contributed by atoms with Gasteiger partial charge < -0.3 is 4.57 Å². The minimum atomic E-state index is 0.937. The van der Waals surface area contributed by atoms with Crippen molar-refractivity contribution in [3.8, 4) is 39.3 Å². The van der Waals surface area contributed by atoms with E-state index in [2.05, 4.69) is 102 Å². The third-order valence-corrected chi connectivity index (χ3v) is 7.29. The number of rotatable bonds is 4. The number of pyridine rings is 3. The fourth-order valence-corrected chi connectivity index (χ4v) is 5.41. The van der Waals surface area contributed by atoms with E-state index in [1.165, 1.54) is 0 Å². The zero-order chi connectivity index (χ0) is 25.5. The van der Waals surface area contributed by atoms with Crippen molar-refractivity contribution in [2.75, 3.05) is 0 Å². The zero-order valence-electron chi connectivity index (χ0n) is 20.3. The van der Waals surface area contributed by atoms with Crippen LogP contribution in [0.25, 0.3) is 61.3 Å². The minimum Gasteiger partial charge on any atom is -0.308 e. The lowest BCUT2D eigenvalue weighted by atomic mass is 9.96. The molecule has 7 aromatic rings. The van der Waals surface area contributed by atoms with E-state index in [4.69, 9.17) is 0 Å². The maximum absolute atomic E-state index is 4.69. The van der Waals surface area contributed by atoms with Crippen LogP contribution in [0, 0.1) is 0 Å². The van der Waals surface area contributed by atoms with Gasteiger partial charge in [0, 0.05) is 45.3 Å². The van der Waals surface area contributed by atoms with Gasteiger partial charge in [0.1, 0.15) is 0 Å². The number of fused-ring (bicyclic) bond motifs is 3. The lowest BCUT2D eigenvalue weighted by Gasteiger charge is -2.12. The second kappa shape index (κ2) is 9.36. The normalized spacial score (nSPS) is 11.3. The van der Waals surface area contributed by atoms with Crippen LogP contribution in [0.1, 0.15) is 0 Å². The predicted octanol–water partition coefficient (Wildman–Crippen LogP) is 8.73. The summed E-state index contributed by atoms with van der Waals surface area (Å²) in [5, 5.41) is 1.13. The first kappa shape index (κ1) is 22.6. The smallest absolute Gasteiger partial charge is 0.0963 e. The molecule has 180 valence electrons. The first-order valence-corrected chi connectivity index (χ1v) is 13.2. The zero-order valence-corrected chi connectivity index (χ0v) is 21.9. The van der Waals surface area contributed by atoms with Crippen molar-refractivity contribution < 1.29 is 0 Å². The molecule has 0 atom stereocenters. The highest BCUT2D eigenvalue weighted by molar-refractivity contribution is 9.10. The molecule has 0 spiro atoms. The summed E-state index contributed by atoms with van der Waals surface area (Å²) in [5.41, 5.74) is 10.6. The van der Waals surface area contributed by atoms with E-state index in [1.54, 1.807) is 0 Å². The van der Waals surface area contributed by atoms with Crippen molar-refractivity contribution in [2.45, 2.75) is 0 Å². The molecule has 5 heteroatoms. The topological polar surface area (TPSA) is 43.6 Å². The summed E-state index contributed by atoms with van der Waals surface area (Å²) < 4.78 is 3.32. The molecule has 0 N–H and O–H groups in total. The van der Waals surface area contributed by atoms with Gasteiger partial charge in [-0.15, -0.1) is 0 Å². The summed E-state index contributed by atoms with van der Waals surface area (Å²) >= 11 is 3.62. The van der Waals surface area contributed by atoms with Crippen LogP contribution in [0.4, 0.5) is 0 Å². The van der Waals surface area contributed by atoms with Crippen molar-refractivity contribution in [3.05, 3.63) is 132 Å². The molecular formula is C33H21BrN4. The average Bonchev–Trinajstić information content (AvgIpc) is 3.31. The van der Waals surface area contributed by atoms with Crippen LogP contribution in [-0.4, -0.2) is 19.5 Å². The van der Waals surface area contributed by atoms with Crippen LogP contribution in [-0.2, 0) is 0 Å². The van der Waals surface area contributed by atoms with Crippen molar-refractivity contribution in [3.63, 3.8) is 0 Å². The molecule has 4 nitrogen and oxygen atoms in total. The molecule has 0 unspecified atom stereocenters. The van der Waals surface area contributed by atoms with Gasteiger partial charge in [-0.2, -0.15) is 0 Å². The van der Waals surface area contributed by atoms with E-state index in [0.717, 1.165) is 65.7 Å². The van der Waals surface area contributed by atoms with Crippen LogP contribution in [0.2, 0.25) is 0 Å². The molecular weight excluding hydrogens is 532 g/mol. The second-order valence-electron chi connectivity index (χ2n) is 9.14. The molecule has 7 rings (SSSR count). The standard InChI is InChI=1S/C33H21BrN4/c34-26-11-14-31-28(21-26)33-32(8-5-17-37-33)38(31)27-12-9-22(10-13-27)23-18-24(29-6-1-3-15-35-29)20-25(19-23)30-7-2-4-16-36-30/h1-21H. The summed E-state index contributed by atoms with van der Waals surface area (Å²) in [4.78, 5) is 13.9. The Kier molecular flexibility index (Phi) is 5.56. The summed E-state index contributed by atoms with van der Waals surface area (Å²) in [6.45, 7) is 0. The van der Waals surface area contributed by atoms with Crippen LogP contribution < -0.4 is 0 Å². The summed E-state index contributed by atoms with van der Waals surface area (Å²) in [5.74, 6) is 0. The van der Waals surface area contributed by atoms with Gasteiger partial charge in [-0.25, -0.2) is 0 Å². The Morgan fingerprint density at radius 1 is 0.500 bits per heavy atom. The van der Waals surface area contributed by atoms with Gasteiger partial charge in [0.15, 0.2) is 0 Å². The second-order valence-corrected chi connectivity index (χ2v) is 10.1. The number of hydrogen-bond acceptors (Lipinski definition) is 3. The first-order chi connectivity index (χ1) is 18.7. The predicted molar refractivity (Wildman–Crippen MR) is 158 cm³/mol. The maximum atomic E-state index is 4.69. The molecule has 38 heavy (non-hydrogen) atoms. The molecule has 0 amide bonds. The van der Waals surface area contributed by atoms with E-state index in [1.807, 2.05) is 61.1 Å². The Morgan fingerprint density at radius 2 is 1.16 bits per heavy atom. The molecule has 3 aromatic carbocycles. The van der Waals surface area contributed by atoms with Crippen molar-refractivity contribution in [2.24, 2.45) is 0 Å². The SMILES string of the molecule is Brc1ccc2c(c1)c1ncccc1n2-c1ccc(-c2cc(-c3ccccn3)cc(-c3ccccn3)c2)cc1. The summed E-state index contributed by atoms with van der Waals surface area (Å²) in [7, 11) is 0. The first-order valence-electron chi connectivity index (χ1n) is 12.4.